The van der Waals surface area contributed by atoms with Crippen molar-refractivity contribution >= 4 is 11.7 Å². The van der Waals surface area contributed by atoms with Crippen molar-refractivity contribution in [2.24, 2.45) is 0 Å². The standard InChI is InChI=1S/C15H16N4O2/c1-16-14-9-17-12(8-18-14)15(20)19-11-6-7-21-13-5-3-2-4-10(11)13/h2-5,8-9,11H,6-7H2,1H3,(H,16,18)(H,19,20). The predicted molar refractivity (Wildman–Crippen MR) is 78.3 cm³/mol. The second kappa shape index (κ2) is 5.78. The Bertz CT molecular complexity index is 642. The molecule has 0 aliphatic carbocycles. The number of benzene rings is 1. The maximum atomic E-state index is 12.2. The number of ether oxygens (including phenoxy) is 1. The van der Waals surface area contributed by atoms with Crippen molar-refractivity contribution in [2.45, 2.75) is 12.5 Å². The third kappa shape index (κ3) is 2.79. The zero-order valence-corrected chi connectivity index (χ0v) is 11.7. The van der Waals surface area contributed by atoms with Gasteiger partial charge in [-0.25, -0.2) is 9.97 Å². The SMILES string of the molecule is CNc1cnc(C(=O)NC2CCOc3ccccc32)cn1. The second-order valence-corrected chi connectivity index (χ2v) is 4.74. The maximum absolute atomic E-state index is 12.2. The molecule has 0 saturated heterocycles. The largest absolute Gasteiger partial charge is 0.493 e. The first-order valence-corrected chi connectivity index (χ1v) is 6.80. The summed E-state index contributed by atoms with van der Waals surface area (Å²) in [4.78, 5) is 20.4. The highest BCUT2D eigenvalue weighted by Crippen LogP contribution is 2.31. The Hall–Kier alpha value is -2.63. The van der Waals surface area contributed by atoms with E-state index < -0.39 is 0 Å². The van der Waals surface area contributed by atoms with Gasteiger partial charge in [0, 0.05) is 19.0 Å². The highest BCUT2D eigenvalue weighted by Gasteiger charge is 2.23. The van der Waals surface area contributed by atoms with Crippen LogP contribution in [0, 0.1) is 0 Å². The molecule has 1 aliphatic heterocycles. The van der Waals surface area contributed by atoms with E-state index in [0.717, 1.165) is 17.7 Å². The van der Waals surface area contributed by atoms with Gasteiger partial charge in [-0.2, -0.15) is 0 Å². The number of nitrogens with zero attached hydrogens (tertiary/aromatic N) is 2. The van der Waals surface area contributed by atoms with Gasteiger partial charge in [0.1, 0.15) is 17.3 Å². The summed E-state index contributed by atoms with van der Waals surface area (Å²) in [5.74, 6) is 1.22. The van der Waals surface area contributed by atoms with E-state index in [9.17, 15) is 4.79 Å². The Morgan fingerprint density at radius 1 is 1.29 bits per heavy atom. The fourth-order valence-corrected chi connectivity index (χ4v) is 2.30. The minimum absolute atomic E-state index is 0.0618. The lowest BCUT2D eigenvalue weighted by atomic mass is 10.0. The molecule has 0 fully saturated rings. The molecule has 1 amide bonds. The monoisotopic (exact) mass is 284 g/mol. The van der Waals surface area contributed by atoms with Gasteiger partial charge >= 0.3 is 0 Å². The number of para-hydroxylation sites is 1. The number of anilines is 1. The Labute approximate surface area is 122 Å². The minimum Gasteiger partial charge on any atom is -0.493 e. The Balaban J connectivity index is 1.76. The van der Waals surface area contributed by atoms with Gasteiger partial charge in [0.25, 0.3) is 5.91 Å². The van der Waals surface area contributed by atoms with Crippen LogP contribution in [0.15, 0.2) is 36.7 Å². The van der Waals surface area contributed by atoms with Crippen LogP contribution in [0.4, 0.5) is 5.82 Å². The predicted octanol–water partition coefficient (Wildman–Crippen LogP) is 1.77. The lowest BCUT2D eigenvalue weighted by Gasteiger charge is -2.26. The average Bonchev–Trinajstić information content (AvgIpc) is 2.55. The van der Waals surface area contributed by atoms with Crippen LogP contribution in [0.5, 0.6) is 5.75 Å². The molecule has 21 heavy (non-hydrogen) atoms. The molecule has 1 aromatic carbocycles. The van der Waals surface area contributed by atoms with Crippen LogP contribution in [0.3, 0.4) is 0 Å². The van der Waals surface area contributed by atoms with E-state index in [4.69, 9.17) is 4.74 Å². The summed E-state index contributed by atoms with van der Waals surface area (Å²) >= 11 is 0. The molecular weight excluding hydrogens is 268 g/mol. The minimum atomic E-state index is -0.230. The Morgan fingerprint density at radius 3 is 2.90 bits per heavy atom. The van der Waals surface area contributed by atoms with Crippen molar-refractivity contribution in [3.05, 3.63) is 47.9 Å². The summed E-state index contributed by atoms with van der Waals surface area (Å²) in [6.45, 7) is 0.590. The molecule has 6 heteroatoms. The van der Waals surface area contributed by atoms with Crippen LogP contribution >= 0.6 is 0 Å². The van der Waals surface area contributed by atoms with Crippen molar-refractivity contribution in [1.29, 1.82) is 0 Å². The van der Waals surface area contributed by atoms with Gasteiger partial charge in [-0.3, -0.25) is 4.79 Å². The van der Waals surface area contributed by atoms with Gasteiger partial charge in [0.05, 0.1) is 25.0 Å². The zero-order valence-electron chi connectivity index (χ0n) is 11.7. The maximum Gasteiger partial charge on any atom is 0.271 e. The van der Waals surface area contributed by atoms with Crippen LogP contribution in [-0.4, -0.2) is 29.5 Å². The molecule has 0 radical (unpaired) electrons. The fraction of sp³-hybridized carbons (Fsp3) is 0.267. The first-order valence-electron chi connectivity index (χ1n) is 6.80. The number of rotatable bonds is 3. The molecule has 6 nitrogen and oxygen atoms in total. The Morgan fingerprint density at radius 2 is 2.14 bits per heavy atom. The molecule has 2 aromatic rings. The van der Waals surface area contributed by atoms with Gasteiger partial charge in [-0.05, 0) is 6.07 Å². The number of hydrogen-bond donors (Lipinski definition) is 2. The van der Waals surface area contributed by atoms with Crippen molar-refractivity contribution < 1.29 is 9.53 Å². The van der Waals surface area contributed by atoms with Crippen LogP contribution in [0.25, 0.3) is 0 Å². The molecule has 3 rings (SSSR count). The third-order valence-corrected chi connectivity index (χ3v) is 3.40. The van der Waals surface area contributed by atoms with E-state index in [2.05, 4.69) is 20.6 Å². The number of amides is 1. The first-order chi connectivity index (χ1) is 10.3. The van der Waals surface area contributed by atoms with Crippen molar-refractivity contribution in [2.75, 3.05) is 19.0 Å². The zero-order chi connectivity index (χ0) is 14.7. The number of carbonyl (C=O) groups is 1. The summed E-state index contributed by atoms with van der Waals surface area (Å²) < 4.78 is 5.58. The second-order valence-electron chi connectivity index (χ2n) is 4.74. The van der Waals surface area contributed by atoms with Crippen LogP contribution < -0.4 is 15.4 Å². The summed E-state index contributed by atoms with van der Waals surface area (Å²) in [5.41, 5.74) is 1.30. The number of hydrogen-bond acceptors (Lipinski definition) is 5. The number of fused-ring (bicyclic) bond motifs is 1. The molecule has 0 spiro atoms. The van der Waals surface area contributed by atoms with Gasteiger partial charge in [0.2, 0.25) is 0 Å². The van der Waals surface area contributed by atoms with Crippen molar-refractivity contribution in [3.63, 3.8) is 0 Å². The fourth-order valence-electron chi connectivity index (χ4n) is 2.30. The molecule has 1 aliphatic rings. The summed E-state index contributed by atoms with van der Waals surface area (Å²) in [6.07, 6.45) is 3.74. The number of carbonyl (C=O) groups excluding carboxylic acids is 1. The van der Waals surface area contributed by atoms with Gasteiger partial charge in [-0.15, -0.1) is 0 Å². The van der Waals surface area contributed by atoms with E-state index in [1.807, 2.05) is 24.3 Å². The molecule has 0 saturated carbocycles. The summed E-state index contributed by atoms with van der Waals surface area (Å²) in [7, 11) is 1.75. The van der Waals surface area contributed by atoms with Gasteiger partial charge in [-0.1, -0.05) is 18.2 Å². The van der Waals surface area contributed by atoms with Gasteiger partial charge in [0.15, 0.2) is 0 Å². The molecular formula is C15H16N4O2. The van der Waals surface area contributed by atoms with Crippen LogP contribution in [0.2, 0.25) is 0 Å². The van der Waals surface area contributed by atoms with Crippen molar-refractivity contribution in [1.82, 2.24) is 15.3 Å². The third-order valence-electron chi connectivity index (χ3n) is 3.40. The lowest BCUT2D eigenvalue weighted by molar-refractivity contribution is 0.0919. The molecule has 108 valence electrons. The summed E-state index contributed by atoms with van der Waals surface area (Å²) in [6, 6.07) is 7.68. The van der Waals surface area contributed by atoms with E-state index in [-0.39, 0.29) is 11.9 Å². The molecule has 0 bridgehead atoms. The van der Waals surface area contributed by atoms with E-state index in [1.54, 1.807) is 7.05 Å². The first kappa shape index (κ1) is 13.4. The van der Waals surface area contributed by atoms with Crippen molar-refractivity contribution in [3.8, 4) is 5.75 Å². The highest BCUT2D eigenvalue weighted by molar-refractivity contribution is 5.92. The normalized spacial score (nSPS) is 16.5. The van der Waals surface area contributed by atoms with E-state index in [0.29, 0.717) is 18.1 Å². The highest BCUT2D eigenvalue weighted by atomic mass is 16.5. The molecule has 1 atom stereocenters. The van der Waals surface area contributed by atoms with E-state index >= 15 is 0 Å². The summed E-state index contributed by atoms with van der Waals surface area (Å²) in [5, 5.41) is 5.85. The topological polar surface area (TPSA) is 76.1 Å². The smallest absolute Gasteiger partial charge is 0.271 e. The van der Waals surface area contributed by atoms with Gasteiger partial charge < -0.3 is 15.4 Å². The van der Waals surface area contributed by atoms with E-state index in [1.165, 1.54) is 12.4 Å². The quantitative estimate of drug-likeness (QED) is 0.898. The molecule has 1 aromatic heterocycles. The van der Waals surface area contributed by atoms with Crippen LogP contribution in [0.1, 0.15) is 28.5 Å². The Kier molecular flexibility index (Phi) is 3.68. The lowest BCUT2D eigenvalue weighted by Crippen LogP contribution is -2.32. The number of nitrogens with one attached hydrogen (secondary N) is 2. The number of aromatic nitrogens is 2. The average molecular weight is 284 g/mol. The van der Waals surface area contributed by atoms with Crippen LogP contribution in [-0.2, 0) is 0 Å². The molecule has 2 heterocycles. The molecule has 2 N–H and O–H groups in total. The molecule has 1 unspecified atom stereocenters.